The number of benzene rings is 1. The zero-order valence-electron chi connectivity index (χ0n) is 13.2. The zero-order chi connectivity index (χ0) is 17.7. The van der Waals surface area contributed by atoms with E-state index in [9.17, 15) is 22.8 Å². The Balaban J connectivity index is 1.95. The van der Waals surface area contributed by atoms with Gasteiger partial charge >= 0.3 is 6.18 Å². The quantitative estimate of drug-likeness (QED) is 0.807. The monoisotopic (exact) mass is 344 g/mol. The van der Waals surface area contributed by atoms with Crippen LogP contribution in [0.5, 0.6) is 0 Å². The van der Waals surface area contributed by atoms with Crippen molar-refractivity contribution in [3.63, 3.8) is 0 Å². The number of anilines is 1. The van der Waals surface area contributed by atoms with Crippen molar-refractivity contribution in [2.24, 2.45) is 5.92 Å². The Bertz CT molecular complexity index is 604. The largest absolute Gasteiger partial charge is 0.416 e. The molecule has 1 aliphatic heterocycles. The standard InChI is InChI=1S/C16H19F3N2O3/c1-24-7-3-6-21-10-11(8-14(21)22)15(23)20-13-5-2-4-12(9-13)16(17,18)19/h2,4-5,9,11H,3,6-8,10H2,1H3,(H,20,23). The Morgan fingerprint density at radius 3 is 2.83 bits per heavy atom. The molecule has 1 fully saturated rings. The third kappa shape index (κ3) is 4.70. The lowest BCUT2D eigenvalue weighted by Gasteiger charge is -2.16. The Morgan fingerprint density at radius 2 is 2.17 bits per heavy atom. The second kappa shape index (κ2) is 7.65. The molecule has 1 aliphatic rings. The number of carbonyl (C=O) groups excluding carboxylic acids is 2. The molecule has 0 saturated carbocycles. The van der Waals surface area contributed by atoms with Gasteiger partial charge in [-0.2, -0.15) is 13.2 Å². The molecule has 1 saturated heterocycles. The van der Waals surface area contributed by atoms with Gasteiger partial charge in [-0.15, -0.1) is 0 Å². The van der Waals surface area contributed by atoms with Crippen LogP contribution in [0.3, 0.4) is 0 Å². The maximum Gasteiger partial charge on any atom is 0.416 e. The minimum Gasteiger partial charge on any atom is -0.385 e. The van der Waals surface area contributed by atoms with Gasteiger partial charge < -0.3 is 15.0 Å². The number of halogens is 3. The lowest BCUT2D eigenvalue weighted by Crippen LogP contribution is -2.29. The fourth-order valence-corrected chi connectivity index (χ4v) is 2.58. The van der Waals surface area contributed by atoms with E-state index >= 15 is 0 Å². The van der Waals surface area contributed by atoms with Crippen LogP contribution in [0.1, 0.15) is 18.4 Å². The molecule has 0 spiro atoms. The van der Waals surface area contributed by atoms with Gasteiger partial charge in [0, 0.05) is 38.9 Å². The summed E-state index contributed by atoms with van der Waals surface area (Å²) < 4.78 is 43.0. The van der Waals surface area contributed by atoms with E-state index in [-0.39, 0.29) is 24.6 Å². The summed E-state index contributed by atoms with van der Waals surface area (Å²) in [6, 6.07) is 4.44. The SMILES string of the molecule is COCCCN1CC(C(=O)Nc2cccc(C(F)(F)F)c2)CC1=O. The van der Waals surface area contributed by atoms with E-state index in [0.717, 1.165) is 12.1 Å². The smallest absolute Gasteiger partial charge is 0.385 e. The van der Waals surface area contributed by atoms with Crippen LogP contribution in [-0.4, -0.2) is 43.5 Å². The van der Waals surface area contributed by atoms with E-state index in [1.807, 2.05) is 0 Å². The summed E-state index contributed by atoms with van der Waals surface area (Å²) in [5.74, 6) is -1.14. The number of methoxy groups -OCH3 is 1. The average molecular weight is 344 g/mol. The zero-order valence-corrected chi connectivity index (χ0v) is 13.2. The molecule has 0 aromatic heterocycles. The first-order valence-corrected chi connectivity index (χ1v) is 7.56. The summed E-state index contributed by atoms with van der Waals surface area (Å²) in [5, 5.41) is 2.46. The van der Waals surface area contributed by atoms with Crippen LogP contribution in [0, 0.1) is 5.92 Å². The van der Waals surface area contributed by atoms with E-state index in [1.165, 1.54) is 12.1 Å². The minimum atomic E-state index is -4.47. The highest BCUT2D eigenvalue weighted by Crippen LogP contribution is 2.31. The van der Waals surface area contributed by atoms with Crippen molar-refractivity contribution >= 4 is 17.5 Å². The maximum atomic E-state index is 12.7. The van der Waals surface area contributed by atoms with Gasteiger partial charge in [0.25, 0.3) is 0 Å². The number of nitrogens with zero attached hydrogens (tertiary/aromatic N) is 1. The van der Waals surface area contributed by atoms with Crippen LogP contribution >= 0.6 is 0 Å². The van der Waals surface area contributed by atoms with Crippen LogP contribution in [-0.2, 0) is 20.5 Å². The van der Waals surface area contributed by atoms with Gasteiger partial charge in [0.05, 0.1) is 11.5 Å². The summed E-state index contributed by atoms with van der Waals surface area (Å²) in [6.07, 6.45) is -3.73. The first-order chi connectivity index (χ1) is 11.3. The van der Waals surface area contributed by atoms with Crippen LogP contribution in [0.15, 0.2) is 24.3 Å². The molecule has 8 heteroatoms. The lowest BCUT2D eigenvalue weighted by molar-refractivity contribution is -0.137. The van der Waals surface area contributed by atoms with E-state index in [2.05, 4.69) is 5.32 Å². The highest BCUT2D eigenvalue weighted by atomic mass is 19.4. The molecule has 2 rings (SSSR count). The molecule has 0 aliphatic carbocycles. The fraction of sp³-hybridized carbons (Fsp3) is 0.500. The molecule has 1 unspecified atom stereocenters. The second-order valence-corrected chi connectivity index (χ2v) is 5.65. The first kappa shape index (κ1) is 18.3. The Kier molecular flexibility index (Phi) is 5.82. The fourth-order valence-electron chi connectivity index (χ4n) is 2.58. The van der Waals surface area contributed by atoms with Crippen LogP contribution in [0.25, 0.3) is 0 Å². The Hall–Kier alpha value is -2.09. The minimum absolute atomic E-state index is 0.0672. The van der Waals surface area contributed by atoms with Gasteiger partial charge in [-0.1, -0.05) is 6.07 Å². The number of nitrogens with one attached hydrogen (secondary N) is 1. The summed E-state index contributed by atoms with van der Waals surface area (Å²) in [6.45, 7) is 1.29. The molecule has 132 valence electrons. The third-order valence-electron chi connectivity index (χ3n) is 3.82. The highest BCUT2D eigenvalue weighted by Gasteiger charge is 2.34. The number of ether oxygens (including phenoxy) is 1. The van der Waals surface area contributed by atoms with E-state index in [0.29, 0.717) is 19.6 Å². The molecule has 1 atom stereocenters. The maximum absolute atomic E-state index is 12.7. The predicted octanol–water partition coefficient (Wildman–Crippen LogP) is 2.53. The third-order valence-corrected chi connectivity index (χ3v) is 3.82. The second-order valence-electron chi connectivity index (χ2n) is 5.65. The molecule has 1 heterocycles. The number of carbonyl (C=O) groups is 2. The van der Waals surface area contributed by atoms with Crippen molar-refractivity contribution in [3.8, 4) is 0 Å². The molecule has 0 radical (unpaired) electrons. The molecule has 5 nitrogen and oxygen atoms in total. The lowest BCUT2D eigenvalue weighted by atomic mass is 10.1. The van der Waals surface area contributed by atoms with E-state index < -0.39 is 23.6 Å². The normalized spacial score (nSPS) is 18.1. The van der Waals surface area contributed by atoms with Crippen LogP contribution in [0.2, 0.25) is 0 Å². The number of hydrogen-bond donors (Lipinski definition) is 1. The van der Waals surface area contributed by atoms with Crippen LogP contribution < -0.4 is 5.32 Å². The van der Waals surface area contributed by atoms with E-state index in [4.69, 9.17) is 4.74 Å². The van der Waals surface area contributed by atoms with Crippen LogP contribution in [0.4, 0.5) is 18.9 Å². The highest BCUT2D eigenvalue weighted by molar-refractivity contribution is 5.97. The molecule has 2 amide bonds. The number of hydrogen-bond acceptors (Lipinski definition) is 3. The molecule has 0 bridgehead atoms. The summed E-state index contributed by atoms with van der Waals surface area (Å²) in [4.78, 5) is 25.7. The summed E-state index contributed by atoms with van der Waals surface area (Å²) in [5.41, 5.74) is -0.760. The number of likely N-dealkylation sites (tertiary alicyclic amines) is 1. The number of rotatable bonds is 6. The van der Waals surface area contributed by atoms with Gasteiger partial charge in [-0.05, 0) is 24.6 Å². The predicted molar refractivity (Wildman–Crippen MR) is 81.3 cm³/mol. The molecular formula is C16H19F3N2O3. The van der Waals surface area contributed by atoms with Gasteiger partial charge in [0.1, 0.15) is 0 Å². The summed E-state index contributed by atoms with van der Waals surface area (Å²) >= 11 is 0. The van der Waals surface area contributed by atoms with E-state index in [1.54, 1.807) is 12.0 Å². The number of amides is 2. The molecule has 1 N–H and O–H groups in total. The Morgan fingerprint density at radius 1 is 1.42 bits per heavy atom. The van der Waals surface area contributed by atoms with Gasteiger partial charge in [-0.25, -0.2) is 0 Å². The van der Waals surface area contributed by atoms with Crippen molar-refractivity contribution in [1.82, 2.24) is 4.90 Å². The molecule has 24 heavy (non-hydrogen) atoms. The summed E-state index contributed by atoms with van der Waals surface area (Å²) in [7, 11) is 1.57. The molecule has 1 aromatic rings. The first-order valence-electron chi connectivity index (χ1n) is 7.56. The average Bonchev–Trinajstić information content (AvgIpc) is 2.88. The van der Waals surface area contributed by atoms with Crippen molar-refractivity contribution in [3.05, 3.63) is 29.8 Å². The van der Waals surface area contributed by atoms with Crippen molar-refractivity contribution in [1.29, 1.82) is 0 Å². The van der Waals surface area contributed by atoms with Crippen molar-refractivity contribution in [2.75, 3.05) is 32.1 Å². The molecular weight excluding hydrogens is 325 g/mol. The van der Waals surface area contributed by atoms with Gasteiger partial charge in [-0.3, -0.25) is 9.59 Å². The Labute approximate surface area is 137 Å². The van der Waals surface area contributed by atoms with Gasteiger partial charge in [0.2, 0.25) is 11.8 Å². The van der Waals surface area contributed by atoms with Crippen molar-refractivity contribution in [2.45, 2.75) is 19.0 Å². The van der Waals surface area contributed by atoms with Crippen molar-refractivity contribution < 1.29 is 27.5 Å². The topological polar surface area (TPSA) is 58.6 Å². The molecule has 1 aromatic carbocycles. The number of alkyl halides is 3. The van der Waals surface area contributed by atoms with Gasteiger partial charge in [0.15, 0.2) is 0 Å².